The third-order valence-corrected chi connectivity index (χ3v) is 4.20. The van der Waals surface area contributed by atoms with E-state index in [0.29, 0.717) is 28.1 Å². The molecule has 0 radical (unpaired) electrons. The van der Waals surface area contributed by atoms with Gasteiger partial charge in [0.25, 0.3) is 5.91 Å². The molecule has 0 fully saturated rings. The van der Waals surface area contributed by atoms with Crippen LogP contribution in [0.4, 0.5) is 5.69 Å². The number of nitrogens with one attached hydrogen (secondary N) is 1. The monoisotopic (exact) mass is 366 g/mol. The quantitative estimate of drug-likeness (QED) is 0.464. The second kappa shape index (κ2) is 7.43. The zero-order chi connectivity index (χ0) is 19.6. The first kappa shape index (κ1) is 18.3. The third kappa shape index (κ3) is 3.58. The van der Waals surface area contributed by atoms with Crippen molar-refractivity contribution in [2.24, 2.45) is 0 Å². The Morgan fingerprint density at radius 2 is 1.81 bits per heavy atom. The lowest BCUT2D eigenvalue weighted by atomic mass is 9.97. The first-order valence-electron chi connectivity index (χ1n) is 8.22. The average Bonchev–Trinajstić information content (AvgIpc) is 2.97. The number of benzene rings is 2. The molecule has 2 aromatic rings. The topological polar surface area (TPSA) is 95.9 Å². The van der Waals surface area contributed by atoms with Gasteiger partial charge in [-0.15, -0.1) is 0 Å². The highest BCUT2D eigenvalue weighted by Gasteiger charge is 2.32. The van der Waals surface area contributed by atoms with Crippen LogP contribution in [-0.4, -0.2) is 41.5 Å². The Kier molecular flexibility index (Phi) is 5.05. The number of hydroxylamine groups is 2. The molecular weight excluding hydrogens is 348 g/mol. The Bertz CT molecular complexity index is 950. The molecule has 2 N–H and O–H groups in total. The maximum atomic E-state index is 12.7. The molecule has 0 bridgehead atoms. The molecule has 3 rings (SSSR count). The Hall–Kier alpha value is -3.45. The summed E-state index contributed by atoms with van der Waals surface area (Å²) in [4.78, 5) is 41.1. The van der Waals surface area contributed by atoms with Crippen LogP contribution in [0.15, 0.2) is 48.5 Å². The Morgan fingerprint density at radius 1 is 1.11 bits per heavy atom. The summed E-state index contributed by atoms with van der Waals surface area (Å²) < 4.78 is 0. The van der Waals surface area contributed by atoms with E-state index in [1.165, 1.54) is 14.0 Å². The van der Waals surface area contributed by atoms with E-state index in [1.807, 2.05) is 6.07 Å². The van der Waals surface area contributed by atoms with E-state index < -0.39 is 18.4 Å². The van der Waals surface area contributed by atoms with E-state index in [2.05, 4.69) is 5.32 Å². The number of ketones is 1. The Labute approximate surface area is 155 Å². The lowest BCUT2D eigenvalue weighted by Crippen LogP contribution is -2.29. The van der Waals surface area contributed by atoms with Crippen molar-refractivity contribution in [1.82, 2.24) is 5.06 Å². The highest BCUT2D eigenvalue weighted by Crippen LogP contribution is 2.39. The lowest BCUT2D eigenvalue weighted by Gasteiger charge is -2.25. The fourth-order valence-electron chi connectivity index (χ4n) is 2.99. The number of carbonyl (C=O) groups excluding carboxylic acids is 2. The number of hydrogen-bond donors (Lipinski definition) is 2. The molecule has 0 aliphatic carbocycles. The van der Waals surface area contributed by atoms with Gasteiger partial charge in [0.15, 0.2) is 5.78 Å². The van der Waals surface area contributed by atoms with Crippen molar-refractivity contribution in [3.05, 3.63) is 65.2 Å². The molecule has 0 atom stereocenters. The van der Waals surface area contributed by atoms with E-state index >= 15 is 0 Å². The second-order valence-electron chi connectivity index (χ2n) is 5.97. The predicted molar refractivity (Wildman–Crippen MR) is 99.7 cm³/mol. The van der Waals surface area contributed by atoms with Crippen LogP contribution >= 0.6 is 0 Å². The molecule has 0 saturated carbocycles. The molecule has 1 heterocycles. The molecule has 7 heteroatoms. The summed E-state index contributed by atoms with van der Waals surface area (Å²) in [6, 6.07) is 13.8. The molecule has 1 aliphatic rings. The molecule has 7 nitrogen and oxygen atoms in total. The van der Waals surface area contributed by atoms with Crippen LogP contribution in [0.3, 0.4) is 0 Å². The largest absolute Gasteiger partial charge is 0.480 e. The van der Waals surface area contributed by atoms with Gasteiger partial charge in [-0.05, 0) is 25.1 Å². The molecule has 0 saturated heterocycles. The zero-order valence-corrected chi connectivity index (χ0v) is 14.9. The molecule has 0 unspecified atom stereocenters. The van der Waals surface area contributed by atoms with E-state index in [-0.39, 0.29) is 11.4 Å². The first-order chi connectivity index (χ1) is 12.9. The number of nitrogens with zero attached hydrogens (tertiary/aromatic N) is 1. The number of amides is 1. The predicted octanol–water partition coefficient (Wildman–Crippen LogP) is 2.66. The van der Waals surface area contributed by atoms with Crippen molar-refractivity contribution in [2.75, 3.05) is 19.0 Å². The standard InChI is InChI=1S/C20H18N2O5/c1-12(23)14-8-9-16-15(10-14)18(20(26)21-16)19(13-6-4-3-5-7-13)22(27-2)11-17(24)25/h3-10H,11H2,1-2H3,(H,21,26)(H,24,25)/b19-18+. The maximum Gasteiger partial charge on any atom is 0.325 e. The Balaban J connectivity index is 2.29. The summed E-state index contributed by atoms with van der Waals surface area (Å²) in [5, 5.41) is 13.2. The maximum absolute atomic E-state index is 12.7. The molecule has 27 heavy (non-hydrogen) atoms. The van der Waals surface area contributed by atoms with Crippen LogP contribution in [0.25, 0.3) is 11.3 Å². The van der Waals surface area contributed by atoms with Gasteiger partial charge in [0, 0.05) is 22.4 Å². The highest BCUT2D eigenvalue weighted by molar-refractivity contribution is 6.36. The number of carboxylic acids is 1. The van der Waals surface area contributed by atoms with Gasteiger partial charge in [-0.25, -0.2) is 5.06 Å². The fourth-order valence-corrected chi connectivity index (χ4v) is 2.99. The lowest BCUT2D eigenvalue weighted by molar-refractivity contribution is -0.149. The van der Waals surface area contributed by atoms with Gasteiger partial charge in [0.1, 0.15) is 6.54 Å². The number of aliphatic carboxylic acids is 1. The number of Topliss-reactive ketones (excluding diaryl/α,β-unsaturated/α-hetero) is 1. The molecule has 1 aliphatic heterocycles. The van der Waals surface area contributed by atoms with Crippen LogP contribution in [0.2, 0.25) is 0 Å². The van der Waals surface area contributed by atoms with Crippen molar-refractivity contribution in [2.45, 2.75) is 6.92 Å². The number of rotatable bonds is 6. The highest BCUT2D eigenvalue weighted by atomic mass is 16.7. The smallest absolute Gasteiger partial charge is 0.325 e. The average molecular weight is 366 g/mol. The van der Waals surface area contributed by atoms with Crippen LogP contribution in [0, 0.1) is 0 Å². The summed E-state index contributed by atoms with van der Waals surface area (Å²) >= 11 is 0. The van der Waals surface area contributed by atoms with Crippen LogP contribution in [0.1, 0.15) is 28.4 Å². The number of hydrogen-bond acceptors (Lipinski definition) is 5. The van der Waals surface area contributed by atoms with Gasteiger partial charge in [-0.2, -0.15) is 0 Å². The third-order valence-electron chi connectivity index (χ3n) is 4.20. The minimum Gasteiger partial charge on any atom is -0.480 e. The molecule has 0 spiro atoms. The molecular formula is C20H18N2O5. The molecule has 1 amide bonds. The van der Waals surface area contributed by atoms with Gasteiger partial charge < -0.3 is 10.4 Å². The summed E-state index contributed by atoms with van der Waals surface area (Å²) in [7, 11) is 1.34. The van der Waals surface area contributed by atoms with Crippen LogP contribution < -0.4 is 5.32 Å². The number of anilines is 1. The fraction of sp³-hybridized carbons (Fsp3) is 0.150. The summed E-state index contributed by atoms with van der Waals surface area (Å²) in [6.45, 7) is 0.985. The number of carboxylic acid groups (broad SMARTS) is 1. The number of fused-ring (bicyclic) bond motifs is 1. The van der Waals surface area contributed by atoms with Gasteiger partial charge >= 0.3 is 5.97 Å². The van der Waals surface area contributed by atoms with Crippen molar-refractivity contribution in [3.8, 4) is 0 Å². The van der Waals surface area contributed by atoms with Crippen LogP contribution in [0.5, 0.6) is 0 Å². The number of carbonyl (C=O) groups is 3. The summed E-state index contributed by atoms with van der Waals surface area (Å²) in [5.41, 5.74) is 2.72. The van der Waals surface area contributed by atoms with E-state index in [1.54, 1.807) is 42.5 Å². The second-order valence-corrected chi connectivity index (χ2v) is 5.97. The van der Waals surface area contributed by atoms with E-state index in [4.69, 9.17) is 4.84 Å². The summed E-state index contributed by atoms with van der Waals surface area (Å²) in [6.07, 6.45) is 0. The van der Waals surface area contributed by atoms with Crippen molar-refractivity contribution < 1.29 is 24.3 Å². The minimum absolute atomic E-state index is 0.133. The summed E-state index contributed by atoms with van der Waals surface area (Å²) in [5.74, 6) is -1.63. The Morgan fingerprint density at radius 3 is 2.41 bits per heavy atom. The van der Waals surface area contributed by atoms with Crippen molar-refractivity contribution in [3.63, 3.8) is 0 Å². The zero-order valence-electron chi connectivity index (χ0n) is 14.9. The first-order valence-corrected chi connectivity index (χ1v) is 8.22. The normalized spacial score (nSPS) is 14.4. The van der Waals surface area contributed by atoms with Gasteiger partial charge in [-0.3, -0.25) is 19.2 Å². The van der Waals surface area contributed by atoms with E-state index in [9.17, 15) is 19.5 Å². The SMILES string of the molecule is CON(CC(=O)O)/C(=C1/C(=O)Nc2ccc(C(C)=O)cc21)c1ccccc1. The van der Waals surface area contributed by atoms with Gasteiger partial charge in [-0.1, -0.05) is 30.3 Å². The molecule has 138 valence electrons. The minimum atomic E-state index is -1.11. The van der Waals surface area contributed by atoms with Crippen molar-refractivity contribution in [1.29, 1.82) is 0 Å². The van der Waals surface area contributed by atoms with E-state index in [0.717, 1.165) is 5.06 Å². The van der Waals surface area contributed by atoms with Crippen LogP contribution in [-0.2, 0) is 14.4 Å². The molecule has 0 aromatic heterocycles. The van der Waals surface area contributed by atoms with Gasteiger partial charge in [0.2, 0.25) is 0 Å². The van der Waals surface area contributed by atoms with Crippen molar-refractivity contribution >= 4 is 34.6 Å². The molecule has 2 aromatic carbocycles. The van der Waals surface area contributed by atoms with Gasteiger partial charge in [0.05, 0.1) is 18.4 Å².